The van der Waals surface area contributed by atoms with Crippen LogP contribution in [0.15, 0.2) is 265 Å². The summed E-state index contributed by atoms with van der Waals surface area (Å²) in [6, 6.07) is 93.1. The molecule has 1 aromatic heterocycles. The molecule has 0 spiro atoms. The van der Waals surface area contributed by atoms with E-state index in [0.717, 1.165) is 89.6 Å². The Labute approximate surface area is 384 Å². The average Bonchev–Trinajstić information content (AvgIpc) is 3.75. The highest BCUT2D eigenvalue weighted by Gasteiger charge is 2.22. The molecule has 0 amide bonds. The van der Waals surface area contributed by atoms with Gasteiger partial charge >= 0.3 is 0 Å². The van der Waals surface area contributed by atoms with Crippen molar-refractivity contribution in [2.24, 2.45) is 0 Å². The molecule has 0 aliphatic carbocycles. The maximum atomic E-state index is 6.30. The van der Waals surface area contributed by atoms with Gasteiger partial charge in [0.1, 0.15) is 11.2 Å². The van der Waals surface area contributed by atoms with E-state index in [1.54, 1.807) is 0 Å². The highest BCUT2D eigenvalue weighted by molar-refractivity contribution is 6.17. The van der Waals surface area contributed by atoms with Gasteiger partial charge in [-0.25, -0.2) is 0 Å². The zero-order valence-corrected chi connectivity index (χ0v) is 36.1. The van der Waals surface area contributed by atoms with Crippen LogP contribution in [-0.2, 0) is 0 Å². The van der Waals surface area contributed by atoms with Crippen LogP contribution in [0.5, 0.6) is 0 Å². The van der Waals surface area contributed by atoms with E-state index in [4.69, 9.17) is 4.42 Å². The van der Waals surface area contributed by atoms with Crippen LogP contribution in [0.2, 0.25) is 0 Å². The van der Waals surface area contributed by atoms with Crippen molar-refractivity contribution in [3.63, 3.8) is 0 Å². The number of fused-ring (bicyclic) bond motifs is 6. The van der Waals surface area contributed by atoms with Gasteiger partial charge in [-0.3, -0.25) is 0 Å². The van der Waals surface area contributed by atoms with Gasteiger partial charge in [-0.1, -0.05) is 146 Å². The fourth-order valence-electron chi connectivity index (χ4n) is 9.49. The van der Waals surface area contributed by atoms with Crippen molar-refractivity contribution in [2.45, 2.75) is 0 Å². The molecule has 312 valence electrons. The third-order valence-corrected chi connectivity index (χ3v) is 12.6. The molecule has 12 aromatic rings. The van der Waals surface area contributed by atoms with Crippen LogP contribution >= 0.6 is 0 Å². The molecule has 0 saturated carbocycles. The quantitative estimate of drug-likeness (QED) is 0.128. The molecule has 12 rings (SSSR count). The minimum absolute atomic E-state index is 0.905. The maximum absolute atomic E-state index is 6.30. The molecule has 0 aliphatic heterocycles. The molecule has 66 heavy (non-hydrogen) atoms. The molecule has 0 saturated heterocycles. The zero-order chi connectivity index (χ0) is 43.8. The Bertz CT molecular complexity index is 3590. The van der Waals surface area contributed by atoms with Gasteiger partial charge in [-0.2, -0.15) is 0 Å². The standard InChI is InChI=1S/C62H43N3O/c1-6-18-44(19-7-1)55-39-38-54(42-60(55)65(49-24-12-4-13-25-49)50-26-14-5-15-27-50)64(48-22-10-3-11-23-48)52-36-34-51(35-37-52)63(47-20-8-2-9-21-47)53-33-32-45-30-31-46-40-62-59(43-58(46)57(45)41-53)56-28-16-17-29-61(56)66-62/h1-43H. The number of hydrogen-bond donors (Lipinski definition) is 0. The minimum Gasteiger partial charge on any atom is -0.456 e. The van der Waals surface area contributed by atoms with Crippen LogP contribution in [0.3, 0.4) is 0 Å². The average molecular weight is 846 g/mol. The smallest absolute Gasteiger partial charge is 0.136 e. The van der Waals surface area contributed by atoms with Crippen LogP contribution in [0.4, 0.5) is 51.2 Å². The number of para-hydroxylation sites is 5. The van der Waals surface area contributed by atoms with Gasteiger partial charge in [0, 0.05) is 61.8 Å². The predicted octanol–water partition coefficient (Wildman–Crippen LogP) is 18.0. The van der Waals surface area contributed by atoms with Crippen molar-refractivity contribution < 1.29 is 4.42 Å². The summed E-state index contributed by atoms with van der Waals surface area (Å²) in [6.07, 6.45) is 0. The molecule has 0 radical (unpaired) electrons. The Morgan fingerprint density at radius 3 is 1.26 bits per heavy atom. The lowest BCUT2D eigenvalue weighted by molar-refractivity contribution is 0.669. The van der Waals surface area contributed by atoms with Crippen molar-refractivity contribution >= 4 is 94.7 Å². The van der Waals surface area contributed by atoms with E-state index in [-0.39, 0.29) is 0 Å². The van der Waals surface area contributed by atoms with Crippen molar-refractivity contribution in [3.05, 3.63) is 261 Å². The summed E-state index contributed by atoms with van der Waals surface area (Å²) in [7, 11) is 0. The van der Waals surface area contributed by atoms with Crippen molar-refractivity contribution in [2.75, 3.05) is 14.7 Å². The number of furan rings is 1. The first kappa shape index (κ1) is 38.8. The van der Waals surface area contributed by atoms with Gasteiger partial charge < -0.3 is 19.1 Å². The van der Waals surface area contributed by atoms with E-state index >= 15 is 0 Å². The van der Waals surface area contributed by atoms with Gasteiger partial charge in [0.2, 0.25) is 0 Å². The largest absolute Gasteiger partial charge is 0.456 e. The molecule has 4 nitrogen and oxygen atoms in total. The van der Waals surface area contributed by atoms with Crippen molar-refractivity contribution in [1.82, 2.24) is 0 Å². The van der Waals surface area contributed by atoms with Gasteiger partial charge in [-0.05, 0) is 142 Å². The highest BCUT2D eigenvalue weighted by atomic mass is 16.3. The second kappa shape index (κ2) is 16.7. The van der Waals surface area contributed by atoms with Crippen molar-refractivity contribution in [1.29, 1.82) is 0 Å². The first-order chi connectivity index (χ1) is 32.7. The van der Waals surface area contributed by atoms with E-state index in [9.17, 15) is 0 Å². The molecular weight excluding hydrogens is 803 g/mol. The fraction of sp³-hybridized carbons (Fsp3) is 0. The Kier molecular flexibility index (Phi) is 9.81. The molecule has 0 fully saturated rings. The summed E-state index contributed by atoms with van der Waals surface area (Å²) >= 11 is 0. The van der Waals surface area contributed by atoms with Gasteiger partial charge in [0.05, 0.1) is 5.69 Å². The normalized spacial score (nSPS) is 11.3. The third kappa shape index (κ3) is 7.08. The first-order valence-corrected chi connectivity index (χ1v) is 22.4. The van der Waals surface area contributed by atoms with E-state index in [1.165, 1.54) is 16.2 Å². The summed E-state index contributed by atoms with van der Waals surface area (Å²) in [6.45, 7) is 0. The third-order valence-electron chi connectivity index (χ3n) is 12.6. The first-order valence-electron chi connectivity index (χ1n) is 22.4. The SMILES string of the molecule is c1ccc(-c2ccc(N(c3ccccc3)c3ccc(N(c4ccccc4)c4ccc5ccc6cc7oc8ccccc8c7cc6c5c4)cc3)cc2N(c2ccccc2)c2ccccc2)cc1. The monoisotopic (exact) mass is 845 g/mol. The summed E-state index contributed by atoms with van der Waals surface area (Å²) in [5.74, 6) is 0. The van der Waals surface area contributed by atoms with E-state index < -0.39 is 0 Å². The summed E-state index contributed by atoms with van der Waals surface area (Å²) in [5.41, 5.74) is 13.7. The summed E-state index contributed by atoms with van der Waals surface area (Å²) in [5, 5.41) is 7.00. The molecule has 0 atom stereocenters. The number of benzene rings is 11. The lowest BCUT2D eigenvalue weighted by Crippen LogP contribution is -2.14. The Morgan fingerprint density at radius 1 is 0.242 bits per heavy atom. The second-order valence-corrected chi connectivity index (χ2v) is 16.6. The lowest BCUT2D eigenvalue weighted by atomic mass is 9.99. The fourth-order valence-corrected chi connectivity index (χ4v) is 9.49. The van der Waals surface area contributed by atoms with Gasteiger partial charge in [0.25, 0.3) is 0 Å². The number of hydrogen-bond acceptors (Lipinski definition) is 4. The van der Waals surface area contributed by atoms with Crippen LogP contribution in [-0.4, -0.2) is 0 Å². The summed E-state index contributed by atoms with van der Waals surface area (Å²) in [4.78, 5) is 7.07. The molecule has 11 aromatic carbocycles. The maximum Gasteiger partial charge on any atom is 0.136 e. The Balaban J connectivity index is 0.996. The van der Waals surface area contributed by atoms with Crippen LogP contribution in [0.1, 0.15) is 0 Å². The number of anilines is 9. The van der Waals surface area contributed by atoms with Crippen LogP contribution < -0.4 is 14.7 Å². The zero-order valence-electron chi connectivity index (χ0n) is 36.1. The Hall–Kier alpha value is -8.86. The highest BCUT2D eigenvalue weighted by Crippen LogP contribution is 2.46. The van der Waals surface area contributed by atoms with Crippen LogP contribution in [0, 0.1) is 0 Å². The minimum atomic E-state index is 0.905. The van der Waals surface area contributed by atoms with Crippen LogP contribution in [0.25, 0.3) is 54.6 Å². The summed E-state index contributed by atoms with van der Waals surface area (Å²) < 4.78 is 6.30. The van der Waals surface area contributed by atoms with E-state index in [2.05, 4.69) is 263 Å². The van der Waals surface area contributed by atoms with Gasteiger partial charge in [-0.15, -0.1) is 0 Å². The predicted molar refractivity (Wildman–Crippen MR) is 278 cm³/mol. The molecule has 0 aliphatic rings. The topological polar surface area (TPSA) is 22.9 Å². The molecule has 0 bridgehead atoms. The molecular formula is C62H43N3O. The Morgan fingerprint density at radius 2 is 0.667 bits per heavy atom. The van der Waals surface area contributed by atoms with E-state index in [1.807, 2.05) is 12.1 Å². The van der Waals surface area contributed by atoms with Gasteiger partial charge in [0.15, 0.2) is 0 Å². The van der Waals surface area contributed by atoms with Crippen molar-refractivity contribution in [3.8, 4) is 11.1 Å². The molecule has 1 heterocycles. The van der Waals surface area contributed by atoms with E-state index in [0.29, 0.717) is 0 Å². The number of nitrogens with zero attached hydrogens (tertiary/aromatic N) is 3. The second-order valence-electron chi connectivity index (χ2n) is 16.6. The molecule has 0 unspecified atom stereocenters. The lowest BCUT2D eigenvalue weighted by Gasteiger charge is -2.31. The molecule has 0 N–H and O–H groups in total. The molecule has 4 heteroatoms. The number of rotatable bonds is 10.